The third-order valence-corrected chi connectivity index (χ3v) is 7.56. The van der Waals surface area contributed by atoms with E-state index in [1.807, 2.05) is 11.0 Å². The molecule has 31 heavy (non-hydrogen) atoms. The number of nitrogens with one attached hydrogen (secondary N) is 1. The van der Waals surface area contributed by atoms with Crippen LogP contribution in [-0.2, 0) is 4.79 Å². The van der Waals surface area contributed by atoms with E-state index in [1.54, 1.807) is 11.3 Å². The molecule has 5 heteroatoms. The Balaban J connectivity index is 1.17. The van der Waals surface area contributed by atoms with Crippen LogP contribution in [0, 0.1) is 0 Å². The molecule has 3 aromatic carbocycles. The Hall–Kier alpha value is -2.76. The SMILES string of the molecule is C[C@H](NCC(=O)N1CCC(c2nc3ccccc3s2)CC1)c1cccc2ccccc12. The van der Waals surface area contributed by atoms with Crippen LogP contribution in [0.3, 0.4) is 0 Å². The highest BCUT2D eigenvalue weighted by Crippen LogP contribution is 2.33. The van der Waals surface area contributed by atoms with Crippen molar-refractivity contribution in [2.45, 2.75) is 31.7 Å². The average Bonchev–Trinajstić information content (AvgIpc) is 3.26. The number of benzene rings is 3. The first-order chi connectivity index (χ1) is 15.2. The number of hydrogen-bond donors (Lipinski definition) is 1. The van der Waals surface area contributed by atoms with Gasteiger partial charge < -0.3 is 10.2 Å². The number of thiazole rings is 1. The van der Waals surface area contributed by atoms with Gasteiger partial charge in [-0.15, -0.1) is 11.3 Å². The summed E-state index contributed by atoms with van der Waals surface area (Å²) in [4.78, 5) is 19.7. The molecule has 4 nitrogen and oxygen atoms in total. The van der Waals surface area contributed by atoms with Gasteiger partial charge in [0.15, 0.2) is 0 Å². The molecule has 0 bridgehead atoms. The predicted octanol–water partition coefficient (Wildman–Crippen LogP) is 5.51. The van der Waals surface area contributed by atoms with Crippen LogP contribution in [0.4, 0.5) is 0 Å². The van der Waals surface area contributed by atoms with Gasteiger partial charge in [0, 0.05) is 25.0 Å². The van der Waals surface area contributed by atoms with Gasteiger partial charge in [0.2, 0.25) is 5.91 Å². The van der Waals surface area contributed by atoms with Gasteiger partial charge in [0.25, 0.3) is 0 Å². The topological polar surface area (TPSA) is 45.2 Å². The maximum Gasteiger partial charge on any atom is 0.236 e. The summed E-state index contributed by atoms with van der Waals surface area (Å²) < 4.78 is 1.25. The van der Waals surface area contributed by atoms with E-state index in [0.29, 0.717) is 12.5 Å². The first kappa shape index (κ1) is 20.2. The van der Waals surface area contributed by atoms with Crippen LogP contribution in [0.25, 0.3) is 21.0 Å². The number of rotatable bonds is 5. The Morgan fingerprint density at radius 3 is 2.65 bits per heavy atom. The zero-order valence-corrected chi connectivity index (χ0v) is 18.6. The minimum absolute atomic E-state index is 0.121. The van der Waals surface area contributed by atoms with Crippen molar-refractivity contribution >= 4 is 38.2 Å². The van der Waals surface area contributed by atoms with Crippen LogP contribution in [0.5, 0.6) is 0 Å². The molecule has 1 amide bonds. The van der Waals surface area contributed by atoms with E-state index in [2.05, 4.69) is 72.9 Å². The molecule has 0 aliphatic carbocycles. The van der Waals surface area contributed by atoms with E-state index in [4.69, 9.17) is 4.98 Å². The van der Waals surface area contributed by atoms with Gasteiger partial charge in [0.05, 0.1) is 21.8 Å². The lowest BCUT2D eigenvalue weighted by molar-refractivity contribution is -0.131. The minimum atomic E-state index is 0.121. The molecule has 0 saturated carbocycles. The molecule has 1 N–H and O–H groups in total. The smallest absolute Gasteiger partial charge is 0.236 e. The van der Waals surface area contributed by atoms with Gasteiger partial charge in [-0.3, -0.25) is 4.79 Å². The van der Waals surface area contributed by atoms with Crippen molar-refractivity contribution in [3.63, 3.8) is 0 Å². The Morgan fingerprint density at radius 1 is 1.06 bits per heavy atom. The third kappa shape index (κ3) is 4.21. The van der Waals surface area contributed by atoms with E-state index >= 15 is 0 Å². The molecule has 1 fully saturated rings. The second-order valence-corrected chi connectivity index (χ2v) is 9.41. The van der Waals surface area contributed by atoms with Crippen molar-refractivity contribution in [3.8, 4) is 0 Å². The predicted molar refractivity (Wildman–Crippen MR) is 129 cm³/mol. The minimum Gasteiger partial charge on any atom is -0.342 e. The van der Waals surface area contributed by atoms with Crippen molar-refractivity contribution < 1.29 is 4.79 Å². The Bertz CT molecular complexity index is 1170. The van der Waals surface area contributed by atoms with Crippen molar-refractivity contribution in [1.29, 1.82) is 0 Å². The monoisotopic (exact) mass is 429 g/mol. The standard InChI is InChI=1S/C26H27N3OS/c1-18(21-10-6-8-19-7-2-3-9-22(19)21)27-17-25(30)29-15-13-20(14-16-29)26-28-23-11-4-5-12-24(23)31-26/h2-12,18,20,27H,13-17H2,1H3/t18-/m0/s1. The van der Waals surface area contributed by atoms with Gasteiger partial charge in [0.1, 0.15) is 0 Å². The van der Waals surface area contributed by atoms with Gasteiger partial charge in [-0.05, 0) is 48.2 Å². The molecule has 5 rings (SSSR count). The number of likely N-dealkylation sites (tertiary alicyclic amines) is 1. The van der Waals surface area contributed by atoms with Gasteiger partial charge >= 0.3 is 0 Å². The molecule has 1 aromatic heterocycles. The van der Waals surface area contributed by atoms with Crippen LogP contribution in [-0.4, -0.2) is 35.4 Å². The fourth-order valence-corrected chi connectivity index (χ4v) is 5.67. The van der Waals surface area contributed by atoms with Gasteiger partial charge in [-0.25, -0.2) is 4.98 Å². The molecule has 0 radical (unpaired) electrons. The molecule has 2 heterocycles. The summed E-state index contributed by atoms with van der Waals surface area (Å²) in [7, 11) is 0. The lowest BCUT2D eigenvalue weighted by Gasteiger charge is -2.31. The van der Waals surface area contributed by atoms with Crippen LogP contribution >= 0.6 is 11.3 Å². The molecule has 1 saturated heterocycles. The quantitative estimate of drug-likeness (QED) is 0.455. The number of carbonyl (C=O) groups excluding carboxylic acids is 1. The fourth-order valence-electron chi connectivity index (χ4n) is 4.53. The molecule has 1 aliphatic heterocycles. The maximum atomic E-state index is 12.8. The highest BCUT2D eigenvalue weighted by molar-refractivity contribution is 7.18. The number of fused-ring (bicyclic) bond motifs is 2. The molecule has 158 valence electrons. The van der Waals surface area contributed by atoms with Gasteiger partial charge in [-0.2, -0.15) is 0 Å². The molecule has 0 unspecified atom stereocenters. The van der Waals surface area contributed by atoms with E-state index in [-0.39, 0.29) is 11.9 Å². The fraction of sp³-hybridized carbons (Fsp3) is 0.308. The van der Waals surface area contributed by atoms with E-state index in [9.17, 15) is 4.79 Å². The van der Waals surface area contributed by atoms with Crippen molar-refractivity contribution in [2.75, 3.05) is 19.6 Å². The number of hydrogen-bond acceptors (Lipinski definition) is 4. The summed E-state index contributed by atoms with van der Waals surface area (Å²) in [5, 5.41) is 7.14. The van der Waals surface area contributed by atoms with Crippen molar-refractivity contribution in [1.82, 2.24) is 15.2 Å². The van der Waals surface area contributed by atoms with Crippen LogP contribution < -0.4 is 5.32 Å². The second-order valence-electron chi connectivity index (χ2n) is 8.35. The molecular formula is C26H27N3OS. The highest BCUT2D eigenvalue weighted by Gasteiger charge is 2.26. The van der Waals surface area contributed by atoms with Crippen LogP contribution in [0.2, 0.25) is 0 Å². The number of nitrogens with zero attached hydrogens (tertiary/aromatic N) is 2. The van der Waals surface area contributed by atoms with E-state index in [1.165, 1.54) is 26.0 Å². The lowest BCUT2D eigenvalue weighted by atomic mass is 9.97. The summed E-state index contributed by atoms with van der Waals surface area (Å²) in [6.07, 6.45) is 1.98. The zero-order valence-electron chi connectivity index (χ0n) is 17.8. The Morgan fingerprint density at radius 2 is 1.81 bits per heavy atom. The Kier molecular flexibility index (Phi) is 5.70. The lowest BCUT2D eigenvalue weighted by Crippen LogP contribution is -2.43. The summed E-state index contributed by atoms with van der Waals surface area (Å²) in [5.74, 6) is 0.652. The largest absolute Gasteiger partial charge is 0.342 e. The number of para-hydroxylation sites is 1. The molecule has 4 aromatic rings. The van der Waals surface area contributed by atoms with E-state index in [0.717, 1.165) is 31.4 Å². The third-order valence-electron chi connectivity index (χ3n) is 6.36. The molecule has 1 atom stereocenters. The van der Waals surface area contributed by atoms with Crippen molar-refractivity contribution in [3.05, 3.63) is 77.3 Å². The first-order valence-electron chi connectivity index (χ1n) is 11.0. The van der Waals surface area contributed by atoms with Gasteiger partial charge in [-0.1, -0.05) is 54.6 Å². The second kappa shape index (κ2) is 8.77. The number of amides is 1. The molecular weight excluding hydrogens is 402 g/mol. The summed E-state index contributed by atoms with van der Waals surface area (Å²) >= 11 is 1.80. The average molecular weight is 430 g/mol. The number of carbonyl (C=O) groups is 1. The maximum absolute atomic E-state index is 12.8. The van der Waals surface area contributed by atoms with Crippen molar-refractivity contribution in [2.24, 2.45) is 0 Å². The normalized spacial score (nSPS) is 16.1. The summed E-state index contributed by atoms with van der Waals surface area (Å²) in [5.41, 5.74) is 2.33. The summed E-state index contributed by atoms with van der Waals surface area (Å²) in [6, 6.07) is 23.2. The number of piperidine rings is 1. The number of aromatic nitrogens is 1. The highest BCUT2D eigenvalue weighted by atomic mass is 32.1. The summed E-state index contributed by atoms with van der Waals surface area (Å²) in [6.45, 7) is 4.12. The Labute approximate surface area is 186 Å². The van der Waals surface area contributed by atoms with Crippen LogP contribution in [0.15, 0.2) is 66.7 Å². The van der Waals surface area contributed by atoms with E-state index < -0.39 is 0 Å². The zero-order chi connectivity index (χ0) is 21.2. The van der Waals surface area contributed by atoms with Crippen LogP contribution in [0.1, 0.15) is 42.3 Å². The molecule has 1 aliphatic rings. The molecule has 0 spiro atoms. The first-order valence-corrected chi connectivity index (χ1v) is 11.8.